The maximum Gasteiger partial charge on any atom is 0.408 e. The lowest BCUT2D eigenvalue weighted by Crippen LogP contribution is -2.51. The molecule has 0 bridgehead atoms. The minimum absolute atomic E-state index is 0.139. The van der Waals surface area contributed by atoms with Crippen LogP contribution in [0.15, 0.2) is 42.7 Å². The molecule has 12 heteroatoms. The number of nitrogens with one attached hydrogen (secondary N) is 2. The van der Waals surface area contributed by atoms with Crippen LogP contribution in [0.1, 0.15) is 37.7 Å². The van der Waals surface area contributed by atoms with Gasteiger partial charge in [-0.1, -0.05) is 18.2 Å². The highest BCUT2D eigenvalue weighted by Crippen LogP contribution is 2.50. The summed E-state index contributed by atoms with van der Waals surface area (Å²) in [5.41, 5.74) is 1.10. The number of H-pyrrole nitrogens is 1. The fourth-order valence-electron chi connectivity index (χ4n) is 5.34. The number of ether oxygens (including phenoxy) is 1. The third-order valence-corrected chi connectivity index (χ3v) is 7.17. The topological polar surface area (TPSA) is 120 Å². The van der Waals surface area contributed by atoms with Gasteiger partial charge in [0.15, 0.2) is 5.65 Å². The molecule has 0 saturated heterocycles. The number of pyridine rings is 1. The monoisotopic (exact) mass is 517 g/mol. The van der Waals surface area contributed by atoms with E-state index in [1.54, 1.807) is 24.5 Å². The van der Waals surface area contributed by atoms with Gasteiger partial charge in [-0.3, -0.25) is 14.7 Å². The van der Waals surface area contributed by atoms with Crippen molar-refractivity contribution in [3.05, 3.63) is 48.3 Å². The minimum atomic E-state index is -4.71. The van der Waals surface area contributed by atoms with Gasteiger partial charge < -0.3 is 20.1 Å². The summed E-state index contributed by atoms with van der Waals surface area (Å²) in [4.78, 5) is 31.8. The zero-order chi connectivity index (χ0) is 26.2. The Bertz CT molecular complexity index is 1300. The largest absolute Gasteiger partial charge is 0.489 e. The van der Waals surface area contributed by atoms with Gasteiger partial charge in [0.2, 0.25) is 11.8 Å². The number of para-hydroxylation sites is 1. The number of fused-ring (bicyclic) bond motifs is 3. The smallest absolute Gasteiger partial charge is 0.408 e. The Balaban J connectivity index is 1.29. The number of carbonyl (C=O) groups excluding carboxylic acids is 2. The number of nitrogens with zero attached hydrogens (tertiary/aromatic N) is 3. The first-order valence-corrected chi connectivity index (χ1v) is 12.1. The summed E-state index contributed by atoms with van der Waals surface area (Å²) in [6.07, 6.45) is -0.120. The third-order valence-electron chi connectivity index (χ3n) is 7.17. The lowest BCUT2D eigenvalue weighted by atomic mass is 9.69. The number of aliphatic hydroxyl groups excluding tert-OH is 1. The molecule has 2 amide bonds. The Morgan fingerprint density at radius 1 is 1.27 bits per heavy atom. The van der Waals surface area contributed by atoms with E-state index in [-0.39, 0.29) is 12.0 Å². The number of halogens is 3. The number of alkyl halides is 3. The SMILES string of the molecule is O=C(CN1C(=O)C2(CCC(Oc3cnc4[nH]ncc4c3)CC2)c2ccccc21)NC(CCO)C(F)(F)F. The first kappa shape index (κ1) is 25.0. The summed E-state index contributed by atoms with van der Waals surface area (Å²) in [5, 5.41) is 18.4. The van der Waals surface area contributed by atoms with Crippen molar-refractivity contribution in [1.29, 1.82) is 0 Å². The van der Waals surface area contributed by atoms with E-state index in [1.165, 1.54) is 4.90 Å². The average Bonchev–Trinajstić information content (AvgIpc) is 3.42. The Hall–Kier alpha value is -3.67. The molecular weight excluding hydrogens is 491 g/mol. The molecule has 2 aliphatic rings. The van der Waals surface area contributed by atoms with E-state index >= 15 is 0 Å². The van der Waals surface area contributed by atoms with Crippen molar-refractivity contribution in [2.45, 2.75) is 55.8 Å². The Labute approximate surface area is 210 Å². The summed E-state index contributed by atoms with van der Waals surface area (Å²) in [6, 6.07) is 6.75. The van der Waals surface area contributed by atoms with Crippen LogP contribution in [0.4, 0.5) is 18.9 Å². The van der Waals surface area contributed by atoms with Crippen LogP contribution in [0.25, 0.3) is 11.0 Å². The molecule has 3 N–H and O–H groups in total. The molecule has 1 atom stereocenters. The Morgan fingerprint density at radius 3 is 2.76 bits per heavy atom. The molecule has 5 rings (SSSR count). The number of aromatic nitrogens is 3. The molecule has 1 saturated carbocycles. The number of hydrogen-bond acceptors (Lipinski definition) is 6. The van der Waals surface area contributed by atoms with E-state index in [0.29, 0.717) is 42.8 Å². The lowest BCUT2D eigenvalue weighted by molar-refractivity contribution is -0.164. The normalized spacial score (nSPS) is 22.3. The van der Waals surface area contributed by atoms with Gasteiger partial charge in [0, 0.05) is 17.7 Å². The molecule has 3 aromatic rings. The van der Waals surface area contributed by atoms with Gasteiger partial charge in [-0.05, 0) is 49.8 Å². The maximum absolute atomic E-state index is 13.7. The Kier molecular flexibility index (Phi) is 6.52. The van der Waals surface area contributed by atoms with Gasteiger partial charge in [-0.2, -0.15) is 18.3 Å². The zero-order valence-corrected chi connectivity index (χ0v) is 19.8. The number of benzene rings is 1. The summed E-state index contributed by atoms with van der Waals surface area (Å²) >= 11 is 0. The van der Waals surface area contributed by atoms with Crippen molar-refractivity contribution in [1.82, 2.24) is 20.5 Å². The van der Waals surface area contributed by atoms with Crippen molar-refractivity contribution < 1.29 is 32.6 Å². The zero-order valence-electron chi connectivity index (χ0n) is 19.8. The molecule has 2 aromatic heterocycles. The van der Waals surface area contributed by atoms with Crippen LogP contribution in [0.2, 0.25) is 0 Å². The summed E-state index contributed by atoms with van der Waals surface area (Å²) < 4.78 is 45.8. The van der Waals surface area contributed by atoms with Gasteiger partial charge in [0.25, 0.3) is 0 Å². The summed E-state index contributed by atoms with van der Waals surface area (Å²) in [6.45, 7) is -1.26. The van der Waals surface area contributed by atoms with Crippen molar-refractivity contribution in [2.75, 3.05) is 18.1 Å². The minimum Gasteiger partial charge on any atom is -0.489 e. The molecule has 1 fully saturated rings. The van der Waals surface area contributed by atoms with Crippen molar-refractivity contribution >= 4 is 28.5 Å². The predicted octanol–water partition coefficient (Wildman–Crippen LogP) is 2.99. The highest BCUT2D eigenvalue weighted by Gasteiger charge is 2.53. The van der Waals surface area contributed by atoms with E-state index < -0.39 is 43.1 Å². The van der Waals surface area contributed by atoms with Crippen LogP contribution < -0.4 is 15.0 Å². The molecule has 1 aliphatic heterocycles. The number of anilines is 1. The van der Waals surface area contributed by atoms with E-state index in [4.69, 9.17) is 9.84 Å². The lowest BCUT2D eigenvalue weighted by Gasteiger charge is -2.36. The molecule has 0 radical (unpaired) electrons. The molecule has 1 unspecified atom stereocenters. The molecule has 196 valence electrons. The van der Waals surface area contributed by atoms with Gasteiger partial charge in [0.1, 0.15) is 18.3 Å². The van der Waals surface area contributed by atoms with Crippen LogP contribution in [0.5, 0.6) is 5.75 Å². The average molecular weight is 518 g/mol. The van der Waals surface area contributed by atoms with E-state index in [0.717, 1.165) is 10.9 Å². The van der Waals surface area contributed by atoms with Crippen LogP contribution >= 0.6 is 0 Å². The van der Waals surface area contributed by atoms with Crippen LogP contribution in [-0.4, -0.2) is 63.6 Å². The highest BCUT2D eigenvalue weighted by atomic mass is 19.4. The summed E-state index contributed by atoms with van der Waals surface area (Å²) in [7, 11) is 0. The molecule has 9 nitrogen and oxygen atoms in total. The number of hydrogen-bond donors (Lipinski definition) is 3. The first-order chi connectivity index (χ1) is 17.7. The highest BCUT2D eigenvalue weighted by molar-refractivity contribution is 6.10. The number of aliphatic hydroxyl groups is 1. The number of aromatic amines is 1. The third kappa shape index (κ3) is 4.73. The number of rotatable bonds is 7. The number of carbonyl (C=O) groups is 2. The molecule has 1 spiro atoms. The van der Waals surface area contributed by atoms with Gasteiger partial charge >= 0.3 is 6.18 Å². The van der Waals surface area contributed by atoms with Gasteiger partial charge in [0.05, 0.1) is 23.9 Å². The predicted molar refractivity (Wildman–Crippen MR) is 127 cm³/mol. The van der Waals surface area contributed by atoms with Crippen molar-refractivity contribution in [2.24, 2.45) is 0 Å². The molecule has 37 heavy (non-hydrogen) atoms. The number of amides is 2. The second-order valence-corrected chi connectivity index (χ2v) is 9.46. The molecule has 1 aliphatic carbocycles. The second kappa shape index (κ2) is 9.66. The fraction of sp³-hybridized carbons (Fsp3) is 0.440. The second-order valence-electron chi connectivity index (χ2n) is 9.46. The van der Waals surface area contributed by atoms with Crippen molar-refractivity contribution in [3.63, 3.8) is 0 Å². The van der Waals surface area contributed by atoms with Gasteiger partial charge in [-0.15, -0.1) is 0 Å². The molecular formula is C25H26F3N5O4. The van der Waals surface area contributed by atoms with Crippen LogP contribution in [-0.2, 0) is 15.0 Å². The van der Waals surface area contributed by atoms with E-state index in [1.807, 2.05) is 23.5 Å². The fourth-order valence-corrected chi connectivity index (χ4v) is 5.34. The maximum atomic E-state index is 13.7. The standard InChI is InChI=1S/C25H26F3N5O4/c26-25(27,28)20(7-10-34)31-21(35)14-33-19-4-2-1-3-18(19)24(23(33)36)8-5-16(6-9-24)37-17-11-15-12-30-32-22(15)29-13-17/h1-4,11-13,16,20,34H,5-10,14H2,(H,31,35)(H,29,30,32). The summed E-state index contributed by atoms with van der Waals surface area (Å²) in [5.74, 6) is -0.627. The van der Waals surface area contributed by atoms with Crippen molar-refractivity contribution in [3.8, 4) is 5.75 Å². The first-order valence-electron chi connectivity index (χ1n) is 12.1. The molecule has 3 heterocycles. The Morgan fingerprint density at radius 2 is 2.03 bits per heavy atom. The molecule has 1 aromatic carbocycles. The van der Waals surface area contributed by atoms with Gasteiger partial charge in [-0.25, -0.2) is 4.98 Å². The van der Waals surface area contributed by atoms with Crippen LogP contribution in [0.3, 0.4) is 0 Å². The van der Waals surface area contributed by atoms with E-state index in [9.17, 15) is 22.8 Å². The van der Waals surface area contributed by atoms with Crippen LogP contribution in [0, 0.1) is 0 Å². The quantitative estimate of drug-likeness (QED) is 0.443. The van der Waals surface area contributed by atoms with E-state index in [2.05, 4.69) is 15.2 Å².